The number of halogens is 1. The van der Waals surface area contributed by atoms with E-state index in [0.717, 1.165) is 21.3 Å². The third-order valence-electron chi connectivity index (χ3n) is 3.23. The van der Waals surface area contributed by atoms with Gasteiger partial charge in [0.15, 0.2) is 0 Å². The molecule has 0 aliphatic carbocycles. The zero-order valence-electron chi connectivity index (χ0n) is 12.0. The molecule has 1 saturated heterocycles. The molecule has 0 unspecified atom stereocenters. The lowest BCUT2D eigenvalue weighted by Crippen LogP contribution is -2.22. The number of hydrogen-bond donors (Lipinski definition) is 2. The lowest BCUT2D eigenvalue weighted by Gasteiger charge is -2.07. The summed E-state index contributed by atoms with van der Waals surface area (Å²) in [5.41, 5.74) is 2.11. The van der Waals surface area contributed by atoms with Crippen molar-refractivity contribution in [1.29, 1.82) is 0 Å². The Hall–Kier alpha value is -2.60. The van der Waals surface area contributed by atoms with E-state index in [2.05, 4.69) is 26.6 Å². The number of amides is 3. The Morgan fingerprint density at radius 3 is 2.26 bits per heavy atom. The van der Waals surface area contributed by atoms with E-state index in [4.69, 9.17) is 4.74 Å². The second-order valence-corrected chi connectivity index (χ2v) is 5.87. The Morgan fingerprint density at radius 1 is 0.957 bits per heavy atom. The molecular formula is C17H13BrN2O3. The number of benzene rings is 2. The molecule has 3 rings (SSSR count). The average molecular weight is 373 g/mol. The lowest BCUT2D eigenvalue weighted by molar-refractivity contribution is -0.115. The zero-order valence-corrected chi connectivity index (χ0v) is 13.6. The van der Waals surface area contributed by atoms with Gasteiger partial charge in [-0.3, -0.25) is 10.1 Å². The molecule has 3 amide bonds. The summed E-state index contributed by atoms with van der Waals surface area (Å²) in [5, 5.41) is 4.60. The number of carbonyl (C=O) groups is 2. The summed E-state index contributed by atoms with van der Waals surface area (Å²) in [6.45, 7) is 0.478. The van der Waals surface area contributed by atoms with Gasteiger partial charge in [0.1, 0.15) is 18.1 Å². The van der Waals surface area contributed by atoms with Crippen molar-refractivity contribution in [2.75, 3.05) is 0 Å². The zero-order chi connectivity index (χ0) is 16.2. The highest BCUT2D eigenvalue weighted by atomic mass is 79.9. The number of hydrogen-bond acceptors (Lipinski definition) is 3. The quantitative estimate of drug-likeness (QED) is 0.639. The van der Waals surface area contributed by atoms with E-state index in [9.17, 15) is 9.59 Å². The first-order chi connectivity index (χ1) is 11.1. The second-order valence-electron chi connectivity index (χ2n) is 4.95. The second kappa shape index (κ2) is 6.66. The minimum atomic E-state index is -0.504. The summed E-state index contributed by atoms with van der Waals surface area (Å²) in [4.78, 5) is 22.5. The molecule has 1 aliphatic rings. The van der Waals surface area contributed by atoms with Gasteiger partial charge in [0, 0.05) is 4.47 Å². The van der Waals surface area contributed by atoms with Gasteiger partial charge in [0.05, 0.1) is 0 Å². The molecule has 1 fully saturated rings. The Bertz CT molecular complexity index is 767. The number of nitrogens with one attached hydrogen (secondary N) is 2. The highest BCUT2D eigenvalue weighted by molar-refractivity contribution is 9.10. The molecular weight excluding hydrogens is 360 g/mol. The molecule has 2 aromatic carbocycles. The lowest BCUT2D eigenvalue weighted by atomic mass is 10.2. The predicted octanol–water partition coefficient (Wildman–Crippen LogP) is 3.21. The van der Waals surface area contributed by atoms with E-state index < -0.39 is 11.9 Å². The van der Waals surface area contributed by atoms with E-state index in [1.165, 1.54) is 0 Å². The SMILES string of the molecule is O=C1NC(=O)C(=Cc2ccc(OCc3ccc(Br)cc3)cc2)N1. The van der Waals surface area contributed by atoms with E-state index in [-0.39, 0.29) is 5.70 Å². The molecule has 2 aromatic rings. The first-order valence-electron chi connectivity index (χ1n) is 6.91. The maximum atomic E-state index is 11.4. The van der Waals surface area contributed by atoms with Crippen molar-refractivity contribution in [3.63, 3.8) is 0 Å². The first kappa shape index (κ1) is 15.3. The standard InChI is InChI=1S/C17H13BrN2O3/c18-13-5-1-12(2-6-13)10-23-14-7-3-11(4-8-14)9-15-16(21)20-17(22)19-15/h1-9H,10H2,(H2,19,20,21,22). The average Bonchev–Trinajstić information content (AvgIpc) is 2.86. The fraction of sp³-hybridized carbons (Fsp3) is 0.0588. The largest absolute Gasteiger partial charge is 0.489 e. The first-order valence-corrected chi connectivity index (χ1v) is 7.71. The molecule has 1 aliphatic heterocycles. The van der Waals surface area contributed by atoms with Crippen molar-refractivity contribution in [3.8, 4) is 5.75 Å². The monoisotopic (exact) mass is 372 g/mol. The van der Waals surface area contributed by atoms with Crippen LogP contribution in [0.4, 0.5) is 4.79 Å². The Morgan fingerprint density at radius 2 is 1.65 bits per heavy atom. The van der Waals surface area contributed by atoms with Gasteiger partial charge in [-0.2, -0.15) is 0 Å². The van der Waals surface area contributed by atoms with E-state index in [0.29, 0.717) is 6.61 Å². The molecule has 116 valence electrons. The van der Waals surface area contributed by atoms with Gasteiger partial charge in [-0.15, -0.1) is 0 Å². The van der Waals surface area contributed by atoms with Gasteiger partial charge in [0.25, 0.3) is 5.91 Å². The molecule has 0 bridgehead atoms. The van der Waals surface area contributed by atoms with Crippen molar-refractivity contribution in [2.45, 2.75) is 6.61 Å². The minimum absolute atomic E-state index is 0.235. The third kappa shape index (κ3) is 3.98. The van der Waals surface area contributed by atoms with Crippen molar-refractivity contribution in [1.82, 2.24) is 10.6 Å². The fourth-order valence-corrected chi connectivity index (χ4v) is 2.32. The van der Waals surface area contributed by atoms with Gasteiger partial charge >= 0.3 is 6.03 Å². The number of rotatable bonds is 4. The normalized spacial score (nSPS) is 15.4. The molecule has 0 saturated carbocycles. The van der Waals surface area contributed by atoms with Crippen LogP contribution in [0.5, 0.6) is 5.75 Å². The maximum absolute atomic E-state index is 11.4. The van der Waals surface area contributed by atoms with Crippen LogP contribution in [-0.4, -0.2) is 11.9 Å². The summed E-state index contributed by atoms with van der Waals surface area (Å²) < 4.78 is 6.74. The van der Waals surface area contributed by atoms with Gasteiger partial charge in [0.2, 0.25) is 0 Å². The van der Waals surface area contributed by atoms with Crippen LogP contribution in [0.15, 0.2) is 58.7 Å². The van der Waals surface area contributed by atoms with Gasteiger partial charge in [-0.1, -0.05) is 40.2 Å². The predicted molar refractivity (Wildman–Crippen MR) is 89.6 cm³/mol. The van der Waals surface area contributed by atoms with Crippen LogP contribution in [0, 0.1) is 0 Å². The van der Waals surface area contributed by atoms with Crippen molar-refractivity contribution < 1.29 is 14.3 Å². The van der Waals surface area contributed by atoms with Gasteiger partial charge in [-0.25, -0.2) is 4.79 Å². The summed E-state index contributed by atoms with van der Waals surface area (Å²) in [6, 6.07) is 14.7. The van der Waals surface area contributed by atoms with E-state index >= 15 is 0 Å². The number of ether oxygens (including phenoxy) is 1. The molecule has 0 aromatic heterocycles. The van der Waals surface area contributed by atoms with Crippen LogP contribution in [0.2, 0.25) is 0 Å². The number of carbonyl (C=O) groups excluding carboxylic acids is 2. The Kier molecular flexibility index (Phi) is 4.43. The highest BCUT2D eigenvalue weighted by Crippen LogP contribution is 2.17. The maximum Gasteiger partial charge on any atom is 0.326 e. The van der Waals surface area contributed by atoms with Crippen LogP contribution in [-0.2, 0) is 11.4 Å². The van der Waals surface area contributed by atoms with Crippen LogP contribution >= 0.6 is 15.9 Å². The van der Waals surface area contributed by atoms with E-state index in [1.807, 2.05) is 48.5 Å². The molecule has 1 heterocycles. The van der Waals surface area contributed by atoms with Crippen molar-refractivity contribution >= 4 is 33.9 Å². The summed E-state index contributed by atoms with van der Waals surface area (Å²) in [5.74, 6) is 0.306. The summed E-state index contributed by atoms with van der Waals surface area (Å²) in [6.07, 6.45) is 1.61. The number of urea groups is 1. The van der Waals surface area contributed by atoms with Crippen molar-refractivity contribution in [3.05, 3.63) is 69.8 Å². The van der Waals surface area contributed by atoms with Crippen molar-refractivity contribution in [2.24, 2.45) is 0 Å². The summed E-state index contributed by atoms with van der Waals surface area (Å²) >= 11 is 3.39. The Balaban J connectivity index is 1.63. The number of imide groups is 1. The molecule has 0 radical (unpaired) electrons. The fourth-order valence-electron chi connectivity index (χ4n) is 2.06. The smallest absolute Gasteiger partial charge is 0.326 e. The van der Waals surface area contributed by atoms with Crippen LogP contribution < -0.4 is 15.4 Å². The molecule has 0 atom stereocenters. The molecule has 23 heavy (non-hydrogen) atoms. The van der Waals surface area contributed by atoms with E-state index in [1.54, 1.807) is 6.08 Å². The highest BCUT2D eigenvalue weighted by Gasteiger charge is 2.22. The Labute approximate surface area is 141 Å². The topological polar surface area (TPSA) is 67.4 Å². The van der Waals surface area contributed by atoms with Crippen LogP contribution in [0.3, 0.4) is 0 Å². The summed E-state index contributed by atoms with van der Waals surface area (Å²) in [7, 11) is 0. The third-order valence-corrected chi connectivity index (χ3v) is 3.76. The molecule has 5 nitrogen and oxygen atoms in total. The van der Waals surface area contributed by atoms with Gasteiger partial charge < -0.3 is 10.1 Å². The van der Waals surface area contributed by atoms with Crippen LogP contribution in [0.1, 0.15) is 11.1 Å². The van der Waals surface area contributed by atoms with Gasteiger partial charge in [-0.05, 0) is 41.5 Å². The minimum Gasteiger partial charge on any atom is -0.489 e. The molecule has 0 spiro atoms. The molecule has 6 heteroatoms. The molecule has 2 N–H and O–H groups in total. The van der Waals surface area contributed by atoms with Crippen LogP contribution in [0.25, 0.3) is 6.08 Å².